The highest BCUT2D eigenvalue weighted by molar-refractivity contribution is 14.1. The van der Waals surface area contributed by atoms with Gasteiger partial charge >= 0.3 is 0 Å². The van der Waals surface area contributed by atoms with E-state index < -0.39 is 0 Å². The largest absolute Gasteiger partial charge is 0.493 e. The maximum Gasteiger partial charge on any atom is 0.161 e. The number of methoxy groups -OCH3 is 2. The number of benzene rings is 1. The lowest BCUT2D eigenvalue weighted by molar-refractivity contribution is 0.354. The SMILES string of the molecule is CCc1cc(OC)c(OC)cc1I. The van der Waals surface area contributed by atoms with Crippen LogP contribution in [0.3, 0.4) is 0 Å². The standard InChI is InChI=1S/C10H13IO2/c1-4-7-5-9(12-2)10(13-3)6-8(7)11/h5-6H,4H2,1-3H3. The van der Waals surface area contributed by atoms with Gasteiger partial charge in [0.25, 0.3) is 0 Å². The first kappa shape index (κ1) is 10.6. The molecule has 0 amide bonds. The van der Waals surface area contributed by atoms with Crippen molar-refractivity contribution in [2.45, 2.75) is 13.3 Å². The molecule has 72 valence electrons. The van der Waals surface area contributed by atoms with Crippen molar-refractivity contribution in [3.8, 4) is 11.5 Å². The van der Waals surface area contributed by atoms with E-state index in [0.717, 1.165) is 17.9 Å². The Labute approximate surface area is 92.4 Å². The van der Waals surface area contributed by atoms with Gasteiger partial charge in [0, 0.05) is 3.57 Å². The molecule has 1 aromatic carbocycles. The molecule has 0 spiro atoms. The van der Waals surface area contributed by atoms with Gasteiger partial charge in [0.05, 0.1) is 14.2 Å². The van der Waals surface area contributed by atoms with E-state index in [2.05, 4.69) is 29.5 Å². The molecule has 0 fully saturated rings. The Morgan fingerprint density at radius 2 is 1.69 bits per heavy atom. The van der Waals surface area contributed by atoms with E-state index in [-0.39, 0.29) is 0 Å². The monoisotopic (exact) mass is 292 g/mol. The minimum atomic E-state index is 0.795. The lowest BCUT2D eigenvalue weighted by Crippen LogP contribution is -1.94. The second-order valence-corrected chi connectivity index (χ2v) is 3.81. The second-order valence-electron chi connectivity index (χ2n) is 2.65. The highest BCUT2D eigenvalue weighted by Gasteiger charge is 2.07. The predicted molar refractivity (Wildman–Crippen MR) is 61.6 cm³/mol. The van der Waals surface area contributed by atoms with E-state index >= 15 is 0 Å². The molecule has 0 N–H and O–H groups in total. The van der Waals surface area contributed by atoms with Gasteiger partial charge < -0.3 is 9.47 Å². The van der Waals surface area contributed by atoms with Crippen LogP contribution in [0.4, 0.5) is 0 Å². The molecular weight excluding hydrogens is 279 g/mol. The fraction of sp³-hybridized carbons (Fsp3) is 0.400. The molecule has 0 unspecified atom stereocenters. The molecule has 0 saturated carbocycles. The zero-order valence-corrected chi connectivity index (χ0v) is 10.2. The number of halogens is 1. The molecule has 0 aliphatic carbocycles. The van der Waals surface area contributed by atoms with Crippen molar-refractivity contribution >= 4 is 22.6 Å². The van der Waals surface area contributed by atoms with Crippen LogP contribution in [-0.4, -0.2) is 14.2 Å². The Hall–Kier alpha value is -0.450. The van der Waals surface area contributed by atoms with Crippen molar-refractivity contribution in [2.75, 3.05) is 14.2 Å². The van der Waals surface area contributed by atoms with Gasteiger partial charge in [-0.2, -0.15) is 0 Å². The lowest BCUT2D eigenvalue weighted by Gasteiger charge is -2.10. The average Bonchev–Trinajstić information content (AvgIpc) is 2.17. The van der Waals surface area contributed by atoms with Crippen molar-refractivity contribution in [3.63, 3.8) is 0 Å². The van der Waals surface area contributed by atoms with E-state index in [1.807, 2.05) is 12.1 Å². The molecule has 0 bridgehead atoms. The van der Waals surface area contributed by atoms with Crippen LogP contribution < -0.4 is 9.47 Å². The summed E-state index contributed by atoms with van der Waals surface area (Å²) in [5.74, 6) is 1.60. The molecule has 2 nitrogen and oxygen atoms in total. The third-order valence-corrected chi connectivity index (χ3v) is 2.94. The van der Waals surface area contributed by atoms with Crippen LogP contribution >= 0.6 is 22.6 Å². The average molecular weight is 292 g/mol. The first-order valence-electron chi connectivity index (χ1n) is 4.13. The van der Waals surface area contributed by atoms with E-state index in [4.69, 9.17) is 9.47 Å². The van der Waals surface area contributed by atoms with Gasteiger partial charge in [-0.25, -0.2) is 0 Å². The highest BCUT2D eigenvalue weighted by Crippen LogP contribution is 2.31. The van der Waals surface area contributed by atoms with Crippen molar-refractivity contribution in [3.05, 3.63) is 21.3 Å². The summed E-state index contributed by atoms with van der Waals surface area (Å²) in [4.78, 5) is 0. The molecule has 0 aliphatic heterocycles. The summed E-state index contributed by atoms with van der Waals surface area (Å²) < 4.78 is 11.6. The van der Waals surface area contributed by atoms with Gasteiger partial charge in [0.1, 0.15) is 0 Å². The molecule has 0 saturated heterocycles. The first-order valence-corrected chi connectivity index (χ1v) is 5.21. The van der Waals surface area contributed by atoms with Gasteiger partial charge in [0.15, 0.2) is 11.5 Å². The van der Waals surface area contributed by atoms with E-state index in [9.17, 15) is 0 Å². The Morgan fingerprint density at radius 1 is 1.15 bits per heavy atom. The van der Waals surface area contributed by atoms with Crippen molar-refractivity contribution in [1.82, 2.24) is 0 Å². The minimum absolute atomic E-state index is 0.795. The Kier molecular flexibility index (Phi) is 3.84. The summed E-state index contributed by atoms with van der Waals surface area (Å²) in [6.45, 7) is 2.13. The number of ether oxygens (including phenoxy) is 2. The van der Waals surface area contributed by atoms with Crippen LogP contribution in [0.2, 0.25) is 0 Å². The number of rotatable bonds is 3. The first-order chi connectivity index (χ1) is 6.22. The quantitative estimate of drug-likeness (QED) is 0.798. The summed E-state index contributed by atoms with van der Waals surface area (Å²) in [5.41, 5.74) is 1.29. The van der Waals surface area contributed by atoms with Crippen molar-refractivity contribution in [2.24, 2.45) is 0 Å². The van der Waals surface area contributed by atoms with Crippen molar-refractivity contribution in [1.29, 1.82) is 0 Å². The third kappa shape index (κ3) is 2.27. The summed E-state index contributed by atoms with van der Waals surface area (Å²) in [6, 6.07) is 4.03. The Bertz CT molecular complexity index is 297. The molecule has 0 aliphatic rings. The fourth-order valence-electron chi connectivity index (χ4n) is 1.17. The molecule has 13 heavy (non-hydrogen) atoms. The van der Waals surface area contributed by atoms with E-state index in [1.54, 1.807) is 14.2 Å². The fourth-order valence-corrected chi connectivity index (χ4v) is 1.99. The smallest absolute Gasteiger partial charge is 0.161 e. The van der Waals surface area contributed by atoms with Gasteiger partial charge in [-0.1, -0.05) is 6.92 Å². The maximum atomic E-state index is 5.21. The normalized spacial score (nSPS) is 9.85. The number of aryl methyl sites for hydroxylation is 1. The molecule has 1 aromatic rings. The predicted octanol–water partition coefficient (Wildman–Crippen LogP) is 2.87. The van der Waals surface area contributed by atoms with Gasteiger partial charge in [0.2, 0.25) is 0 Å². The maximum absolute atomic E-state index is 5.21. The molecule has 0 atom stereocenters. The zero-order chi connectivity index (χ0) is 9.84. The van der Waals surface area contributed by atoms with Gasteiger partial charge in [-0.3, -0.25) is 0 Å². The number of hydrogen-bond donors (Lipinski definition) is 0. The lowest BCUT2D eigenvalue weighted by atomic mass is 10.1. The Morgan fingerprint density at radius 3 is 2.15 bits per heavy atom. The highest BCUT2D eigenvalue weighted by atomic mass is 127. The second kappa shape index (κ2) is 4.69. The Balaban J connectivity index is 3.18. The van der Waals surface area contributed by atoms with E-state index in [0.29, 0.717) is 0 Å². The molecular formula is C10H13IO2. The van der Waals surface area contributed by atoms with Crippen LogP contribution in [-0.2, 0) is 6.42 Å². The van der Waals surface area contributed by atoms with Crippen LogP contribution in [0.1, 0.15) is 12.5 Å². The topological polar surface area (TPSA) is 18.5 Å². The van der Waals surface area contributed by atoms with Crippen LogP contribution in [0.25, 0.3) is 0 Å². The van der Waals surface area contributed by atoms with Crippen LogP contribution in [0.15, 0.2) is 12.1 Å². The minimum Gasteiger partial charge on any atom is -0.493 e. The molecule has 0 radical (unpaired) electrons. The molecule has 0 heterocycles. The number of hydrogen-bond acceptors (Lipinski definition) is 2. The molecule has 0 aromatic heterocycles. The van der Waals surface area contributed by atoms with Crippen molar-refractivity contribution < 1.29 is 9.47 Å². The third-order valence-electron chi connectivity index (χ3n) is 1.93. The van der Waals surface area contributed by atoms with Gasteiger partial charge in [-0.15, -0.1) is 0 Å². The molecule has 1 rings (SSSR count). The summed E-state index contributed by atoms with van der Waals surface area (Å²) in [6.07, 6.45) is 1.01. The molecule has 3 heteroatoms. The van der Waals surface area contributed by atoms with E-state index in [1.165, 1.54) is 9.13 Å². The summed E-state index contributed by atoms with van der Waals surface area (Å²) >= 11 is 2.31. The zero-order valence-electron chi connectivity index (χ0n) is 8.06. The summed E-state index contributed by atoms with van der Waals surface area (Å²) in [5, 5.41) is 0. The summed E-state index contributed by atoms with van der Waals surface area (Å²) in [7, 11) is 3.31. The van der Waals surface area contributed by atoms with Crippen LogP contribution in [0.5, 0.6) is 11.5 Å². The van der Waals surface area contributed by atoms with Gasteiger partial charge in [-0.05, 0) is 46.7 Å². The van der Waals surface area contributed by atoms with Crippen LogP contribution in [0, 0.1) is 3.57 Å².